The van der Waals surface area contributed by atoms with E-state index in [4.69, 9.17) is 10.5 Å². The summed E-state index contributed by atoms with van der Waals surface area (Å²) in [5.74, 6) is -0.348. The summed E-state index contributed by atoms with van der Waals surface area (Å²) in [5, 5.41) is 0. The summed E-state index contributed by atoms with van der Waals surface area (Å²) in [6.07, 6.45) is 2.26. The Morgan fingerprint density at radius 1 is 1.40 bits per heavy atom. The largest absolute Gasteiger partial charge is 0.443 e. The maximum atomic E-state index is 11.5. The molecule has 15 heavy (non-hydrogen) atoms. The van der Waals surface area contributed by atoms with E-state index in [9.17, 15) is 4.79 Å². The van der Waals surface area contributed by atoms with Gasteiger partial charge in [-0.25, -0.2) is 4.79 Å². The average molecular weight is 207 g/mol. The quantitative estimate of drug-likeness (QED) is 0.595. The Bertz CT molecular complexity index is 298. The van der Waals surface area contributed by atoms with Crippen molar-refractivity contribution in [3.05, 3.63) is 35.9 Å². The first-order chi connectivity index (χ1) is 7.24. The second-order valence-electron chi connectivity index (χ2n) is 3.45. The molecule has 0 aromatic heterocycles. The fraction of sp³-hybridized carbons (Fsp3) is 0.417. The van der Waals surface area contributed by atoms with E-state index in [1.54, 1.807) is 24.3 Å². The van der Waals surface area contributed by atoms with Gasteiger partial charge in [0.15, 0.2) is 6.23 Å². The zero-order valence-corrected chi connectivity index (χ0v) is 8.98. The number of esters is 1. The first-order valence-corrected chi connectivity index (χ1v) is 5.25. The van der Waals surface area contributed by atoms with Crippen molar-refractivity contribution in [1.29, 1.82) is 0 Å². The van der Waals surface area contributed by atoms with Crippen LogP contribution in [0.3, 0.4) is 0 Å². The van der Waals surface area contributed by atoms with Crippen LogP contribution >= 0.6 is 0 Å². The molecule has 0 radical (unpaired) electrons. The molecule has 82 valence electrons. The molecule has 0 heterocycles. The summed E-state index contributed by atoms with van der Waals surface area (Å²) < 4.78 is 5.08. The highest BCUT2D eigenvalue weighted by molar-refractivity contribution is 5.89. The molecule has 3 nitrogen and oxygen atoms in total. The average Bonchev–Trinajstić information content (AvgIpc) is 2.27. The number of hydrogen-bond acceptors (Lipinski definition) is 3. The van der Waals surface area contributed by atoms with E-state index >= 15 is 0 Å². The second kappa shape index (κ2) is 6.19. The summed E-state index contributed by atoms with van der Waals surface area (Å²) in [6, 6.07) is 8.89. The third kappa shape index (κ3) is 4.13. The molecule has 0 bridgehead atoms. The van der Waals surface area contributed by atoms with Crippen LogP contribution in [0.1, 0.15) is 36.5 Å². The van der Waals surface area contributed by atoms with Crippen LogP contribution in [-0.4, -0.2) is 12.2 Å². The number of ether oxygens (including phenoxy) is 1. The van der Waals surface area contributed by atoms with E-state index in [1.807, 2.05) is 6.07 Å². The van der Waals surface area contributed by atoms with Crippen LogP contribution in [0.4, 0.5) is 0 Å². The maximum absolute atomic E-state index is 11.5. The highest BCUT2D eigenvalue weighted by Crippen LogP contribution is 2.05. The topological polar surface area (TPSA) is 52.3 Å². The van der Waals surface area contributed by atoms with Crippen molar-refractivity contribution in [1.82, 2.24) is 0 Å². The zero-order chi connectivity index (χ0) is 11.1. The normalized spacial score (nSPS) is 12.1. The summed E-state index contributed by atoms with van der Waals surface area (Å²) in [5.41, 5.74) is 6.20. The summed E-state index contributed by atoms with van der Waals surface area (Å²) in [6.45, 7) is 2.08. The molecule has 2 N–H and O–H groups in total. The third-order valence-electron chi connectivity index (χ3n) is 2.11. The van der Waals surface area contributed by atoms with Crippen molar-refractivity contribution in [3.63, 3.8) is 0 Å². The Morgan fingerprint density at radius 2 is 2.07 bits per heavy atom. The Labute approximate surface area is 90.2 Å². The van der Waals surface area contributed by atoms with Crippen molar-refractivity contribution in [2.75, 3.05) is 0 Å². The van der Waals surface area contributed by atoms with E-state index in [1.165, 1.54) is 0 Å². The molecule has 0 amide bonds. The fourth-order valence-electron chi connectivity index (χ4n) is 1.24. The molecular weight excluding hydrogens is 190 g/mol. The van der Waals surface area contributed by atoms with Crippen LogP contribution in [0.2, 0.25) is 0 Å². The summed E-state index contributed by atoms with van der Waals surface area (Å²) >= 11 is 0. The Hall–Kier alpha value is -1.35. The van der Waals surface area contributed by atoms with Gasteiger partial charge in [0.1, 0.15) is 0 Å². The minimum Gasteiger partial charge on any atom is -0.443 e. The van der Waals surface area contributed by atoms with Gasteiger partial charge in [0.2, 0.25) is 0 Å². The number of benzene rings is 1. The molecule has 0 spiro atoms. The second-order valence-corrected chi connectivity index (χ2v) is 3.45. The lowest BCUT2D eigenvalue weighted by molar-refractivity contribution is 0.0293. The first-order valence-electron chi connectivity index (χ1n) is 5.25. The van der Waals surface area contributed by atoms with Gasteiger partial charge in [-0.1, -0.05) is 31.5 Å². The SMILES string of the molecule is CCCCC(N)OC(=O)c1ccccc1. The van der Waals surface area contributed by atoms with Crippen molar-refractivity contribution in [2.24, 2.45) is 5.73 Å². The van der Waals surface area contributed by atoms with Crippen molar-refractivity contribution >= 4 is 5.97 Å². The van der Waals surface area contributed by atoms with Gasteiger partial charge in [0.25, 0.3) is 0 Å². The summed E-state index contributed by atoms with van der Waals surface area (Å²) in [7, 11) is 0. The number of hydrogen-bond donors (Lipinski definition) is 1. The molecular formula is C12H17NO2. The van der Waals surface area contributed by atoms with E-state index < -0.39 is 6.23 Å². The minimum atomic E-state index is -0.488. The smallest absolute Gasteiger partial charge is 0.339 e. The van der Waals surface area contributed by atoms with Gasteiger partial charge in [-0.15, -0.1) is 0 Å². The fourth-order valence-corrected chi connectivity index (χ4v) is 1.24. The molecule has 1 atom stereocenters. The van der Waals surface area contributed by atoms with Gasteiger partial charge >= 0.3 is 5.97 Å². The zero-order valence-electron chi connectivity index (χ0n) is 8.98. The number of rotatable bonds is 5. The molecule has 0 fully saturated rings. The molecule has 0 saturated carbocycles. The van der Waals surface area contributed by atoms with Crippen molar-refractivity contribution < 1.29 is 9.53 Å². The standard InChI is InChI=1S/C12H17NO2/c1-2-3-9-11(13)15-12(14)10-7-5-4-6-8-10/h4-8,11H,2-3,9,13H2,1H3. The van der Waals surface area contributed by atoms with Gasteiger partial charge in [-0.05, 0) is 25.0 Å². The van der Waals surface area contributed by atoms with Crippen LogP contribution in [0, 0.1) is 0 Å². The Balaban J connectivity index is 2.42. The van der Waals surface area contributed by atoms with Crippen LogP contribution in [0.15, 0.2) is 30.3 Å². The van der Waals surface area contributed by atoms with Crippen LogP contribution in [0.5, 0.6) is 0 Å². The van der Waals surface area contributed by atoms with Gasteiger partial charge in [-0.3, -0.25) is 5.73 Å². The molecule has 3 heteroatoms. The monoisotopic (exact) mass is 207 g/mol. The van der Waals surface area contributed by atoms with Crippen LogP contribution in [0.25, 0.3) is 0 Å². The van der Waals surface area contributed by atoms with Gasteiger partial charge in [0.05, 0.1) is 5.56 Å². The first kappa shape index (κ1) is 11.7. The molecule has 1 unspecified atom stereocenters. The van der Waals surface area contributed by atoms with E-state index in [0.717, 1.165) is 19.3 Å². The molecule has 1 aromatic rings. The molecule has 0 aliphatic carbocycles. The predicted molar refractivity (Wildman–Crippen MR) is 59.4 cm³/mol. The highest BCUT2D eigenvalue weighted by Gasteiger charge is 2.10. The Morgan fingerprint density at radius 3 is 2.67 bits per heavy atom. The van der Waals surface area contributed by atoms with Crippen molar-refractivity contribution in [2.45, 2.75) is 32.4 Å². The predicted octanol–water partition coefficient (Wildman–Crippen LogP) is 2.32. The van der Waals surface area contributed by atoms with Gasteiger partial charge in [-0.2, -0.15) is 0 Å². The molecule has 0 saturated heterocycles. The number of carbonyl (C=O) groups is 1. The molecule has 0 aliphatic rings. The molecule has 1 rings (SSSR count). The van der Waals surface area contributed by atoms with E-state index in [2.05, 4.69) is 6.92 Å². The van der Waals surface area contributed by atoms with Crippen molar-refractivity contribution in [3.8, 4) is 0 Å². The van der Waals surface area contributed by atoms with Crippen LogP contribution in [-0.2, 0) is 4.74 Å². The lowest BCUT2D eigenvalue weighted by atomic mass is 10.2. The third-order valence-corrected chi connectivity index (χ3v) is 2.11. The minimum absolute atomic E-state index is 0.348. The van der Waals surface area contributed by atoms with E-state index in [0.29, 0.717) is 5.56 Å². The highest BCUT2D eigenvalue weighted by atomic mass is 16.6. The Kier molecular flexibility index (Phi) is 4.84. The summed E-state index contributed by atoms with van der Waals surface area (Å²) in [4.78, 5) is 11.5. The maximum Gasteiger partial charge on any atom is 0.339 e. The molecule has 0 aliphatic heterocycles. The van der Waals surface area contributed by atoms with Gasteiger partial charge < -0.3 is 4.74 Å². The van der Waals surface area contributed by atoms with Gasteiger partial charge in [0, 0.05) is 0 Å². The lowest BCUT2D eigenvalue weighted by Crippen LogP contribution is -2.27. The lowest BCUT2D eigenvalue weighted by Gasteiger charge is -2.12. The number of nitrogens with two attached hydrogens (primary N) is 1. The van der Waals surface area contributed by atoms with E-state index in [-0.39, 0.29) is 5.97 Å². The number of unbranched alkanes of at least 4 members (excludes halogenated alkanes) is 1. The number of carbonyl (C=O) groups excluding carboxylic acids is 1. The molecule has 1 aromatic carbocycles. The van der Waals surface area contributed by atoms with Crippen LogP contribution < -0.4 is 5.73 Å².